The van der Waals surface area contributed by atoms with E-state index in [0.717, 1.165) is 10.9 Å². The molecule has 3 aromatic rings. The molecule has 5 nitrogen and oxygen atoms in total. The molecule has 0 aliphatic heterocycles. The minimum absolute atomic E-state index is 0.0541. The summed E-state index contributed by atoms with van der Waals surface area (Å²) in [5.74, 6) is -0.639. The Bertz CT molecular complexity index is 1020. The normalized spacial score (nSPS) is 12.9. The number of nitrogens with one attached hydrogen (secondary N) is 2. The van der Waals surface area contributed by atoms with Crippen LogP contribution in [0.25, 0.3) is 0 Å². The maximum Gasteiger partial charge on any atom is 0.323 e. The highest BCUT2D eigenvalue weighted by Gasteiger charge is 2.32. The third-order valence-electron chi connectivity index (χ3n) is 5.49. The van der Waals surface area contributed by atoms with E-state index < -0.39 is 20.0 Å². The van der Waals surface area contributed by atoms with Gasteiger partial charge in [0.2, 0.25) is 5.91 Å². The fraction of sp³-hybridized carbons (Fsp3) is 0.259. The molecule has 3 aromatic carbocycles. The Hall–Kier alpha value is -3.01. The number of ether oxygens (including phenoxy) is 1. The van der Waals surface area contributed by atoms with E-state index in [1.54, 1.807) is 7.05 Å². The summed E-state index contributed by atoms with van der Waals surface area (Å²) in [6, 6.07) is 27.3. The SMILES string of the molecule is CNC(=O)[C@@H](NC(C(=O)OC)C(C)C)c1ccccc1P(c1ccccc1)c1ccccc1. The van der Waals surface area contributed by atoms with E-state index in [4.69, 9.17) is 4.74 Å². The van der Waals surface area contributed by atoms with Crippen molar-refractivity contribution in [3.8, 4) is 0 Å². The van der Waals surface area contributed by atoms with E-state index in [0.29, 0.717) is 0 Å². The number of carbonyl (C=O) groups excluding carboxylic acids is 2. The zero-order chi connectivity index (χ0) is 23.8. The van der Waals surface area contributed by atoms with Crippen molar-refractivity contribution in [3.05, 3.63) is 90.5 Å². The molecule has 0 aliphatic carbocycles. The predicted molar refractivity (Wildman–Crippen MR) is 136 cm³/mol. The Morgan fingerprint density at radius 2 is 1.33 bits per heavy atom. The van der Waals surface area contributed by atoms with Gasteiger partial charge in [0.05, 0.1) is 7.11 Å². The molecule has 0 heterocycles. The minimum atomic E-state index is -0.924. The zero-order valence-electron chi connectivity index (χ0n) is 19.5. The van der Waals surface area contributed by atoms with Gasteiger partial charge in [-0.05, 0) is 35.3 Å². The number of amides is 1. The first-order valence-corrected chi connectivity index (χ1v) is 12.4. The van der Waals surface area contributed by atoms with Crippen LogP contribution in [0.15, 0.2) is 84.9 Å². The van der Waals surface area contributed by atoms with Crippen molar-refractivity contribution < 1.29 is 14.3 Å². The number of esters is 1. The molecule has 0 aliphatic rings. The Balaban J connectivity index is 2.16. The largest absolute Gasteiger partial charge is 0.468 e. The maximum atomic E-state index is 13.1. The summed E-state index contributed by atoms with van der Waals surface area (Å²) < 4.78 is 5.01. The molecule has 2 N–H and O–H groups in total. The van der Waals surface area contributed by atoms with Crippen LogP contribution in [-0.2, 0) is 14.3 Å². The van der Waals surface area contributed by atoms with Crippen molar-refractivity contribution in [2.75, 3.05) is 14.2 Å². The van der Waals surface area contributed by atoms with Crippen molar-refractivity contribution in [2.24, 2.45) is 5.92 Å². The summed E-state index contributed by atoms with van der Waals surface area (Å²) in [6.07, 6.45) is 0. The summed E-state index contributed by atoms with van der Waals surface area (Å²) in [4.78, 5) is 25.6. The van der Waals surface area contributed by atoms with Crippen LogP contribution in [0.1, 0.15) is 25.5 Å². The lowest BCUT2D eigenvalue weighted by Crippen LogP contribution is -2.49. The molecule has 0 saturated carbocycles. The Morgan fingerprint density at radius 1 is 0.818 bits per heavy atom. The minimum Gasteiger partial charge on any atom is -0.468 e. The van der Waals surface area contributed by atoms with Gasteiger partial charge in [0.15, 0.2) is 0 Å². The van der Waals surface area contributed by atoms with Gasteiger partial charge >= 0.3 is 5.97 Å². The van der Waals surface area contributed by atoms with Crippen molar-refractivity contribution in [1.29, 1.82) is 0 Å². The molecule has 0 fully saturated rings. The second kappa shape index (κ2) is 11.7. The van der Waals surface area contributed by atoms with Gasteiger partial charge in [0.1, 0.15) is 12.1 Å². The number of carbonyl (C=O) groups is 2. The Labute approximate surface area is 197 Å². The first-order valence-electron chi connectivity index (χ1n) is 11.0. The molecule has 33 heavy (non-hydrogen) atoms. The molecule has 6 heteroatoms. The van der Waals surface area contributed by atoms with Gasteiger partial charge in [-0.25, -0.2) is 0 Å². The van der Waals surface area contributed by atoms with Gasteiger partial charge in [-0.15, -0.1) is 0 Å². The molecule has 0 radical (unpaired) electrons. The van der Waals surface area contributed by atoms with E-state index in [1.807, 2.05) is 68.4 Å². The van der Waals surface area contributed by atoms with Gasteiger partial charge in [-0.2, -0.15) is 0 Å². The highest BCUT2D eigenvalue weighted by molar-refractivity contribution is 7.79. The number of rotatable bonds is 9. The molecule has 1 amide bonds. The first-order chi connectivity index (χ1) is 16.0. The molecule has 0 spiro atoms. The third-order valence-corrected chi connectivity index (χ3v) is 8.01. The molecule has 3 rings (SSSR count). The van der Waals surface area contributed by atoms with E-state index in [-0.39, 0.29) is 17.8 Å². The predicted octanol–water partition coefficient (Wildman–Crippen LogP) is 3.02. The van der Waals surface area contributed by atoms with Crippen LogP contribution in [0.2, 0.25) is 0 Å². The van der Waals surface area contributed by atoms with Gasteiger partial charge in [-0.1, -0.05) is 98.8 Å². The molecule has 2 atom stereocenters. The molecular weight excluding hydrogens is 431 g/mol. The van der Waals surface area contributed by atoms with Crippen LogP contribution in [-0.4, -0.2) is 32.1 Å². The van der Waals surface area contributed by atoms with Crippen LogP contribution in [0.5, 0.6) is 0 Å². The van der Waals surface area contributed by atoms with Gasteiger partial charge in [-0.3, -0.25) is 14.9 Å². The van der Waals surface area contributed by atoms with Crippen molar-refractivity contribution >= 4 is 35.7 Å². The Morgan fingerprint density at radius 3 is 1.82 bits per heavy atom. The van der Waals surface area contributed by atoms with Crippen LogP contribution in [0.3, 0.4) is 0 Å². The Kier molecular flexibility index (Phi) is 8.76. The van der Waals surface area contributed by atoms with Gasteiger partial charge in [0.25, 0.3) is 0 Å². The van der Waals surface area contributed by atoms with Crippen molar-refractivity contribution in [1.82, 2.24) is 10.6 Å². The monoisotopic (exact) mass is 462 g/mol. The topological polar surface area (TPSA) is 67.4 Å². The lowest BCUT2D eigenvalue weighted by atomic mass is 9.99. The van der Waals surface area contributed by atoms with Crippen LogP contribution in [0, 0.1) is 5.92 Å². The number of hydrogen-bond donors (Lipinski definition) is 2. The van der Waals surface area contributed by atoms with Crippen molar-refractivity contribution in [3.63, 3.8) is 0 Å². The second-order valence-corrected chi connectivity index (χ2v) is 10.2. The molecular formula is C27H31N2O3P. The van der Waals surface area contributed by atoms with E-state index in [1.165, 1.54) is 17.7 Å². The lowest BCUT2D eigenvalue weighted by molar-refractivity contribution is -0.144. The number of benzene rings is 3. The van der Waals surface area contributed by atoms with E-state index >= 15 is 0 Å². The summed E-state index contributed by atoms with van der Waals surface area (Å²) in [6.45, 7) is 3.87. The first kappa shape index (κ1) is 24.6. The molecule has 1 unspecified atom stereocenters. The highest BCUT2D eigenvalue weighted by atomic mass is 31.1. The number of hydrogen-bond acceptors (Lipinski definition) is 4. The highest BCUT2D eigenvalue weighted by Crippen LogP contribution is 2.35. The summed E-state index contributed by atoms with van der Waals surface area (Å²) in [7, 11) is 2.05. The van der Waals surface area contributed by atoms with E-state index in [9.17, 15) is 9.59 Å². The quantitative estimate of drug-likeness (QED) is 0.379. The van der Waals surface area contributed by atoms with Crippen LogP contribution >= 0.6 is 7.92 Å². The maximum absolute atomic E-state index is 13.1. The number of likely N-dealkylation sites (N-methyl/N-ethyl adjacent to an activating group) is 1. The molecule has 0 aromatic heterocycles. The zero-order valence-corrected chi connectivity index (χ0v) is 20.4. The van der Waals surface area contributed by atoms with Crippen LogP contribution < -0.4 is 26.5 Å². The average molecular weight is 463 g/mol. The summed E-state index contributed by atoms with van der Waals surface area (Å²) in [5.41, 5.74) is 0.852. The van der Waals surface area contributed by atoms with Gasteiger partial charge in [0, 0.05) is 7.05 Å². The molecule has 0 bridgehead atoms. The fourth-order valence-electron chi connectivity index (χ4n) is 3.81. The third kappa shape index (κ3) is 5.87. The molecule has 0 saturated heterocycles. The van der Waals surface area contributed by atoms with Crippen LogP contribution in [0.4, 0.5) is 0 Å². The lowest BCUT2D eigenvalue weighted by Gasteiger charge is -2.29. The van der Waals surface area contributed by atoms with Gasteiger partial charge < -0.3 is 10.1 Å². The van der Waals surface area contributed by atoms with E-state index in [2.05, 4.69) is 41.0 Å². The van der Waals surface area contributed by atoms with Crippen molar-refractivity contribution in [2.45, 2.75) is 25.9 Å². The fourth-order valence-corrected chi connectivity index (χ4v) is 6.30. The average Bonchev–Trinajstić information content (AvgIpc) is 2.85. The summed E-state index contributed by atoms with van der Waals surface area (Å²) >= 11 is 0. The smallest absolute Gasteiger partial charge is 0.323 e. The summed E-state index contributed by atoms with van der Waals surface area (Å²) in [5, 5.41) is 9.51. The number of methoxy groups -OCH3 is 1. The second-order valence-electron chi connectivity index (χ2n) is 8.02. The standard InChI is InChI=1S/C27H31N2O3P/c1-19(2)24(27(31)32-4)29-25(26(30)28-3)22-17-11-12-18-23(22)33(20-13-7-5-8-14-20)21-15-9-6-10-16-21/h5-19,24-25,29H,1-4H3,(H,28,30)/t24?,25-/m0/s1. The molecule has 172 valence electrons.